The first-order valence-electron chi connectivity index (χ1n) is 35.0. The number of hydrogen-bond acceptors (Lipinski definition) is 15. The van der Waals surface area contributed by atoms with Gasteiger partial charge in [-0.1, -0.05) is 69.5 Å². The maximum atomic E-state index is 12.6. The van der Waals surface area contributed by atoms with Crippen molar-refractivity contribution in [1.82, 2.24) is 19.6 Å². The van der Waals surface area contributed by atoms with Crippen molar-refractivity contribution in [1.29, 1.82) is 0 Å². The Balaban J connectivity index is 0.000000281. The Labute approximate surface area is 578 Å². The normalized spacial score (nSPS) is 20.7. The number of carbonyl (C=O) groups is 6. The van der Waals surface area contributed by atoms with Gasteiger partial charge in [0.25, 0.3) is 0 Å². The van der Waals surface area contributed by atoms with Crippen LogP contribution in [-0.4, -0.2) is 153 Å². The summed E-state index contributed by atoms with van der Waals surface area (Å²) in [6.45, 7) is 51.7. The number of phenols is 3. The second-order valence-corrected chi connectivity index (χ2v) is 33.6. The molecule has 1 atom stereocenters. The fraction of sp³-hybridized carbons (Fsp3) is 0.696. The summed E-state index contributed by atoms with van der Waals surface area (Å²) < 4.78 is 22.3. The number of likely N-dealkylation sites (tertiary alicyclic amines) is 4. The van der Waals surface area contributed by atoms with E-state index in [1.807, 2.05) is 107 Å². The number of rotatable bonds is 12. The van der Waals surface area contributed by atoms with E-state index in [0.29, 0.717) is 74.5 Å². The summed E-state index contributed by atoms with van der Waals surface area (Å²) >= 11 is 0. The molecular formula is C79H126N4O13. The van der Waals surface area contributed by atoms with Crippen molar-refractivity contribution < 1.29 is 63.0 Å². The van der Waals surface area contributed by atoms with E-state index in [-0.39, 0.29) is 46.2 Å². The van der Waals surface area contributed by atoms with Crippen molar-refractivity contribution in [3.05, 3.63) is 86.5 Å². The third-order valence-corrected chi connectivity index (χ3v) is 21.0. The number of unbranched alkanes of at least 4 members (excludes halogenated alkanes) is 3. The standard InChI is InChI=1S/C24H40N2O6.C22H40N2O4.C19H24O2.C14H22O/c1-15(27)25-21(3,4)11-17(12-22(25,5)6)31-19(29)20(30)32-18-13-23(7,8)26(16(2)28)24(9,10)14-18;1-19(2)11-15(12-20(3,4)23(19)9)27-17(25)18(26)28-16-13-21(5,6)24(10)22(7,8)14-16;1-11(17-9-14(4)19(21)15(5)10-17)6-16-7-12(2)18(20)13(3)8-16;1-4-5-6-7-8-13-9-11(2)14(15)12(3)10-13/h17-18H,11-14H2,1-10H3;15-16H,11-14H2,1-10H3;7-11,20-21H,6H2,1-5H3;9-10,15H,4-8H2,1-3H3. The van der Waals surface area contributed by atoms with Crippen LogP contribution in [0.1, 0.15) is 272 Å². The molecule has 1 unspecified atom stereocenters. The van der Waals surface area contributed by atoms with Crippen LogP contribution in [0.3, 0.4) is 0 Å². The molecule has 4 fully saturated rings. The van der Waals surface area contributed by atoms with Gasteiger partial charge in [-0.3, -0.25) is 19.4 Å². The van der Waals surface area contributed by atoms with Crippen molar-refractivity contribution in [2.24, 2.45) is 0 Å². The van der Waals surface area contributed by atoms with Crippen LogP contribution in [0.4, 0.5) is 0 Å². The number of ether oxygens (including phenoxy) is 4. The maximum absolute atomic E-state index is 12.6. The first-order valence-corrected chi connectivity index (χ1v) is 35.0. The molecule has 4 saturated heterocycles. The van der Waals surface area contributed by atoms with Crippen molar-refractivity contribution in [3.8, 4) is 17.2 Å². The lowest BCUT2D eigenvalue weighted by Crippen LogP contribution is -2.64. The number of piperidine rings is 4. The number of amides is 2. The van der Waals surface area contributed by atoms with E-state index in [9.17, 15) is 44.1 Å². The minimum atomic E-state index is -1.01. The summed E-state index contributed by atoms with van der Waals surface area (Å²) in [5, 5.41) is 29.4. The second-order valence-electron chi connectivity index (χ2n) is 33.6. The molecule has 0 bridgehead atoms. The number of esters is 4. The lowest BCUT2D eigenvalue weighted by Gasteiger charge is -2.54. The molecule has 0 radical (unpaired) electrons. The van der Waals surface area contributed by atoms with Gasteiger partial charge in [-0.05, 0) is 242 Å². The summed E-state index contributed by atoms with van der Waals surface area (Å²) in [5.74, 6) is -2.22. The molecule has 0 spiro atoms. The van der Waals surface area contributed by atoms with Gasteiger partial charge in [0.15, 0.2) is 0 Å². The minimum Gasteiger partial charge on any atom is -0.507 e. The average Bonchev–Trinajstić information content (AvgIpc) is 0.779. The fourth-order valence-corrected chi connectivity index (χ4v) is 16.6. The number of aryl methyl sites for hydroxylation is 7. The summed E-state index contributed by atoms with van der Waals surface area (Å²) in [4.78, 5) is 82.7. The molecule has 3 N–H and O–H groups in total. The monoisotopic (exact) mass is 1340 g/mol. The van der Waals surface area contributed by atoms with E-state index in [2.05, 4.69) is 130 Å². The van der Waals surface area contributed by atoms with Gasteiger partial charge in [-0.2, -0.15) is 0 Å². The SMILES string of the molecule is CC(=O)N1C(C)(C)CC(OC(=O)C(=O)OC2CC(C)(C)N(C(C)=O)C(C)(C)C2)CC1(C)C.CCCCCCc1cc(C)c(O)c(C)c1.CN1C(C)(C)CC(OC(=O)C(=O)OC2CC(C)(C)N(C)C(C)(C)C2)CC1(C)C.Cc1cc(CC(C)c2cc(C)c(O)c(C)c2)cc(C)c1O. The smallest absolute Gasteiger partial charge is 0.417 e. The Kier molecular flexibility index (Phi) is 27.2. The highest BCUT2D eigenvalue weighted by Gasteiger charge is 2.51. The van der Waals surface area contributed by atoms with Crippen LogP contribution in [-0.2, 0) is 60.6 Å². The molecule has 0 aliphatic carbocycles. The van der Waals surface area contributed by atoms with Crippen LogP contribution in [0.2, 0.25) is 0 Å². The lowest BCUT2D eigenvalue weighted by atomic mass is 9.78. The average molecular weight is 1340 g/mol. The molecule has 540 valence electrons. The van der Waals surface area contributed by atoms with E-state index in [4.69, 9.17) is 18.9 Å². The Bertz CT molecular complexity index is 2980. The van der Waals surface area contributed by atoms with Crippen molar-refractivity contribution in [2.45, 2.75) is 345 Å². The second kappa shape index (κ2) is 31.8. The Morgan fingerprint density at radius 2 is 0.646 bits per heavy atom. The van der Waals surface area contributed by atoms with E-state index in [1.54, 1.807) is 0 Å². The van der Waals surface area contributed by atoms with Gasteiger partial charge in [0.05, 0.1) is 0 Å². The third kappa shape index (κ3) is 21.4. The lowest BCUT2D eigenvalue weighted by molar-refractivity contribution is -0.186. The summed E-state index contributed by atoms with van der Waals surface area (Å²) in [5.41, 5.74) is 7.02. The number of benzene rings is 3. The largest absolute Gasteiger partial charge is 0.507 e. The fourth-order valence-electron chi connectivity index (χ4n) is 16.6. The molecule has 4 heterocycles. The number of nitrogens with zero attached hydrogens (tertiary/aromatic N) is 4. The van der Waals surface area contributed by atoms with Crippen LogP contribution < -0.4 is 0 Å². The van der Waals surface area contributed by atoms with Gasteiger partial charge < -0.3 is 44.1 Å². The van der Waals surface area contributed by atoms with Crippen LogP contribution >= 0.6 is 0 Å². The van der Waals surface area contributed by atoms with Gasteiger partial charge >= 0.3 is 23.9 Å². The van der Waals surface area contributed by atoms with Gasteiger partial charge in [-0.25, -0.2) is 19.2 Å². The van der Waals surface area contributed by atoms with E-state index < -0.39 is 58.2 Å². The zero-order valence-corrected chi connectivity index (χ0v) is 64.5. The Morgan fingerprint density at radius 1 is 0.406 bits per heavy atom. The van der Waals surface area contributed by atoms with Gasteiger partial charge in [0, 0.05) is 110 Å². The van der Waals surface area contributed by atoms with Gasteiger partial charge in [0.1, 0.15) is 41.7 Å². The van der Waals surface area contributed by atoms with Crippen molar-refractivity contribution >= 4 is 35.7 Å². The van der Waals surface area contributed by atoms with E-state index in [1.165, 1.54) is 56.2 Å². The van der Waals surface area contributed by atoms with Gasteiger partial charge in [-0.15, -0.1) is 0 Å². The molecule has 0 saturated carbocycles. The first kappa shape index (κ1) is 82.2. The van der Waals surface area contributed by atoms with E-state index >= 15 is 0 Å². The zero-order valence-electron chi connectivity index (χ0n) is 64.5. The topological polar surface area (TPSA) is 213 Å². The molecule has 2 amide bonds. The molecule has 7 rings (SSSR count). The highest BCUT2D eigenvalue weighted by molar-refractivity contribution is 6.30. The summed E-state index contributed by atoms with van der Waals surface area (Å²) in [6.07, 6.45) is 10.2. The summed E-state index contributed by atoms with van der Waals surface area (Å²) in [7, 11) is 4.19. The highest BCUT2D eigenvalue weighted by Crippen LogP contribution is 2.44. The summed E-state index contributed by atoms with van der Waals surface area (Å²) in [6, 6.07) is 12.4. The maximum Gasteiger partial charge on any atom is 0.417 e. The predicted octanol–water partition coefficient (Wildman–Crippen LogP) is 15.4. The Hall–Kier alpha value is -6.20. The van der Waals surface area contributed by atoms with Gasteiger partial charge in [0.2, 0.25) is 11.8 Å². The van der Waals surface area contributed by atoms with Crippen LogP contribution in [0.15, 0.2) is 36.4 Å². The number of hydrogen-bond donors (Lipinski definition) is 3. The minimum absolute atomic E-state index is 0.0358. The zero-order chi connectivity index (χ0) is 73.6. The molecule has 96 heavy (non-hydrogen) atoms. The predicted molar refractivity (Wildman–Crippen MR) is 382 cm³/mol. The van der Waals surface area contributed by atoms with Crippen molar-refractivity contribution in [3.63, 3.8) is 0 Å². The number of carbonyl (C=O) groups excluding carboxylic acids is 6. The van der Waals surface area contributed by atoms with Crippen molar-refractivity contribution in [2.75, 3.05) is 14.1 Å². The van der Waals surface area contributed by atoms with Crippen LogP contribution in [0.5, 0.6) is 17.2 Å². The molecular weight excluding hydrogens is 1210 g/mol. The molecule has 3 aromatic carbocycles. The molecule has 17 nitrogen and oxygen atoms in total. The number of phenolic OH excluding ortho intramolecular Hbond substituents is 3. The van der Waals surface area contributed by atoms with Crippen LogP contribution in [0.25, 0.3) is 0 Å². The molecule has 3 aromatic rings. The molecule has 4 aliphatic heterocycles. The third-order valence-electron chi connectivity index (χ3n) is 21.0. The van der Waals surface area contributed by atoms with E-state index in [0.717, 1.165) is 46.2 Å². The Morgan fingerprint density at radius 3 is 0.896 bits per heavy atom. The first-order chi connectivity index (χ1) is 43.7. The number of aromatic hydroxyl groups is 3. The molecule has 0 aromatic heterocycles. The van der Waals surface area contributed by atoms with Crippen LogP contribution in [0, 0.1) is 41.5 Å². The quantitative estimate of drug-likeness (QED) is 0.0666. The molecule has 17 heteroatoms. The highest BCUT2D eigenvalue weighted by atomic mass is 16.6. The molecule has 4 aliphatic rings.